The molecule has 1 fully saturated rings. The average Bonchev–Trinajstić information content (AvgIpc) is 3.14. The summed E-state index contributed by atoms with van der Waals surface area (Å²) in [6, 6.07) is 8.60. The summed E-state index contributed by atoms with van der Waals surface area (Å²) in [5.74, 6) is 0.210. The molecule has 1 saturated heterocycles. The molecule has 2 aromatic rings. The summed E-state index contributed by atoms with van der Waals surface area (Å²) in [6.45, 7) is 9.42. The number of carbonyl (C=O) groups is 1. The van der Waals surface area contributed by atoms with E-state index < -0.39 is 5.54 Å². The lowest BCUT2D eigenvalue weighted by Gasteiger charge is -2.33. The summed E-state index contributed by atoms with van der Waals surface area (Å²) in [5, 5.41) is 8.37. The number of nitrogens with two attached hydrogens (primary N) is 1. The van der Waals surface area contributed by atoms with Gasteiger partial charge in [0.2, 0.25) is 5.91 Å². The molecule has 146 valence electrons. The smallest absolute Gasteiger partial charge is 0.235 e. The lowest BCUT2D eigenvalue weighted by Crippen LogP contribution is -2.42. The quantitative estimate of drug-likeness (QED) is 0.798. The van der Waals surface area contributed by atoms with Crippen molar-refractivity contribution in [1.29, 1.82) is 0 Å². The van der Waals surface area contributed by atoms with E-state index in [0.717, 1.165) is 36.5 Å². The van der Waals surface area contributed by atoms with Crippen LogP contribution in [0.25, 0.3) is 0 Å². The molecule has 0 unspecified atom stereocenters. The highest BCUT2D eigenvalue weighted by molar-refractivity contribution is 8.00. The van der Waals surface area contributed by atoms with Crippen molar-refractivity contribution in [2.45, 2.75) is 62.3 Å². The van der Waals surface area contributed by atoms with Crippen LogP contribution in [0.5, 0.6) is 0 Å². The lowest BCUT2D eigenvalue weighted by atomic mass is 10.0. The number of thioether (sulfide) groups is 1. The molecule has 1 amide bonds. The van der Waals surface area contributed by atoms with Gasteiger partial charge in [-0.2, -0.15) is 0 Å². The third kappa shape index (κ3) is 4.90. The molecule has 7 heteroatoms. The predicted molar refractivity (Wildman–Crippen MR) is 109 cm³/mol. The van der Waals surface area contributed by atoms with Crippen LogP contribution in [0.15, 0.2) is 35.4 Å². The molecule has 1 aromatic heterocycles. The Bertz CT molecular complexity index is 772. The second-order valence-electron chi connectivity index (χ2n) is 7.94. The highest BCUT2D eigenvalue weighted by Gasteiger charge is 2.28. The number of amides is 1. The Morgan fingerprint density at radius 2 is 1.89 bits per heavy atom. The van der Waals surface area contributed by atoms with Crippen molar-refractivity contribution in [2.75, 3.05) is 13.1 Å². The van der Waals surface area contributed by atoms with E-state index in [0.29, 0.717) is 0 Å². The van der Waals surface area contributed by atoms with Crippen LogP contribution in [0, 0.1) is 6.92 Å². The predicted octanol–water partition coefficient (Wildman–Crippen LogP) is 3.12. The van der Waals surface area contributed by atoms with Gasteiger partial charge in [0.05, 0.1) is 23.0 Å². The number of nitrogens with zero attached hydrogens (tertiary/aromatic N) is 4. The Labute approximate surface area is 165 Å². The fourth-order valence-corrected chi connectivity index (χ4v) is 4.18. The van der Waals surface area contributed by atoms with E-state index in [1.54, 1.807) is 11.8 Å². The summed E-state index contributed by atoms with van der Waals surface area (Å²) >= 11 is 1.62. The first-order valence-corrected chi connectivity index (χ1v) is 10.4. The number of carbonyl (C=O) groups excluding carboxylic acids is 1. The molecule has 2 N–H and O–H groups in total. The number of likely N-dealkylation sites (tertiary alicyclic amines) is 1. The van der Waals surface area contributed by atoms with E-state index in [-0.39, 0.29) is 17.2 Å². The summed E-state index contributed by atoms with van der Waals surface area (Å²) in [4.78, 5) is 15.9. The van der Waals surface area contributed by atoms with Gasteiger partial charge in [-0.1, -0.05) is 22.9 Å². The Hall–Kier alpha value is -1.86. The summed E-state index contributed by atoms with van der Waals surface area (Å²) in [5.41, 5.74) is 7.63. The van der Waals surface area contributed by atoms with Gasteiger partial charge in [0, 0.05) is 18.0 Å². The van der Waals surface area contributed by atoms with Gasteiger partial charge in [-0.05, 0) is 52.7 Å². The molecule has 6 nitrogen and oxygen atoms in total. The monoisotopic (exact) mass is 387 g/mol. The molecule has 0 saturated carbocycles. The molecule has 3 rings (SSSR count). The van der Waals surface area contributed by atoms with Crippen LogP contribution in [0.4, 0.5) is 0 Å². The number of piperidine rings is 1. The molecule has 1 aliphatic rings. The Kier molecular flexibility index (Phi) is 5.91. The molecule has 0 aliphatic carbocycles. The zero-order chi connectivity index (χ0) is 19.6. The van der Waals surface area contributed by atoms with Crippen molar-refractivity contribution >= 4 is 17.7 Å². The zero-order valence-electron chi connectivity index (χ0n) is 16.6. The third-order valence-electron chi connectivity index (χ3n) is 5.00. The molecule has 1 atom stereocenters. The maximum absolute atomic E-state index is 12.8. The second-order valence-corrected chi connectivity index (χ2v) is 9.35. The minimum atomic E-state index is -0.489. The van der Waals surface area contributed by atoms with Crippen molar-refractivity contribution in [3.8, 4) is 0 Å². The number of aromatic nitrogens is 3. The van der Waals surface area contributed by atoms with Crippen molar-refractivity contribution in [2.24, 2.45) is 5.73 Å². The molecule has 27 heavy (non-hydrogen) atoms. The van der Waals surface area contributed by atoms with Crippen molar-refractivity contribution in [1.82, 2.24) is 19.9 Å². The summed E-state index contributed by atoms with van der Waals surface area (Å²) in [7, 11) is 0. The van der Waals surface area contributed by atoms with Gasteiger partial charge in [0.15, 0.2) is 0 Å². The maximum atomic E-state index is 12.8. The SMILES string of the molecule is Cc1ccc(S[C@H](C)C(=O)N2CCC(n3cc(C(C)(C)N)nn3)CC2)cc1. The van der Waals surface area contributed by atoms with E-state index >= 15 is 0 Å². The van der Waals surface area contributed by atoms with Crippen molar-refractivity contribution in [3.05, 3.63) is 41.7 Å². The lowest BCUT2D eigenvalue weighted by molar-refractivity contribution is -0.131. The van der Waals surface area contributed by atoms with Crippen molar-refractivity contribution < 1.29 is 4.79 Å². The van der Waals surface area contributed by atoms with Gasteiger partial charge >= 0.3 is 0 Å². The summed E-state index contributed by atoms with van der Waals surface area (Å²) < 4.78 is 1.91. The van der Waals surface area contributed by atoms with Crippen LogP contribution in [-0.2, 0) is 10.3 Å². The number of hydrogen-bond donors (Lipinski definition) is 1. The fraction of sp³-hybridized carbons (Fsp3) is 0.550. The molecule has 1 aromatic carbocycles. The van der Waals surface area contributed by atoms with Gasteiger partial charge in [0.1, 0.15) is 5.69 Å². The molecule has 1 aliphatic heterocycles. The number of rotatable bonds is 5. The standard InChI is InChI=1S/C20H29N5OS/c1-14-5-7-17(8-6-14)27-15(2)19(26)24-11-9-16(10-12-24)25-13-18(22-23-25)20(3,4)21/h5-8,13,15-16H,9-12,21H2,1-4H3/t15-/m1/s1. The van der Waals surface area contributed by atoms with Crippen LogP contribution in [-0.4, -0.2) is 44.1 Å². The first-order valence-electron chi connectivity index (χ1n) is 9.47. The first-order chi connectivity index (χ1) is 12.7. The largest absolute Gasteiger partial charge is 0.342 e. The van der Waals surface area contributed by atoms with E-state index in [1.165, 1.54) is 5.56 Å². The maximum Gasteiger partial charge on any atom is 0.235 e. The van der Waals surface area contributed by atoms with Crippen molar-refractivity contribution in [3.63, 3.8) is 0 Å². The highest BCUT2D eigenvalue weighted by atomic mass is 32.2. The van der Waals surface area contributed by atoms with Gasteiger partial charge in [0.25, 0.3) is 0 Å². The first kappa shape index (κ1) is 19.9. The molecule has 2 heterocycles. The van der Waals surface area contributed by atoms with E-state index in [4.69, 9.17) is 5.73 Å². The number of hydrogen-bond acceptors (Lipinski definition) is 5. The average molecular weight is 388 g/mol. The summed E-state index contributed by atoms with van der Waals surface area (Å²) in [6.07, 6.45) is 3.72. The molecular formula is C20H29N5OS. The minimum absolute atomic E-state index is 0.0831. The fourth-order valence-electron chi connectivity index (χ4n) is 3.23. The number of benzene rings is 1. The van der Waals surface area contributed by atoms with Gasteiger partial charge in [-0.15, -0.1) is 16.9 Å². The highest BCUT2D eigenvalue weighted by Crippen LogP contribution is 2.28. The van der Waals surface area contributed by atoms with E-state index in [9.17, 15) is 4.79 Å². The van der Waals surface area contributed by atoms with Crippen LogP contribution < -0.4 is 5.73 Å². The topological polar surface area (TPSA) is 77.0 Å². The second kappa shape index (κ2) is 8.02. The molecule has 0 spiro atoms. The Morgan fingerprint density at radius 3 is 2.44 bits per heavy atom. The molecular weight excluding hydrogens is 358 g/mol. The molecule has 0 bridgehead atoms. The van der Waals surface area contributed by atoms with Gasteiger partial charge < -0.3 is 10.6 Å². The molecule has 0 radical (unpaired) electrons. The van der Waals surface area contributed by atoms with Crippen LogP contribution >= 0.6 is 11.8 Å². The normalized spacial score (nSPS) is 17.1. The van der Waals surface area contributed by atoms with Crippen LogP contribution in [0.2, 0.25) is 0 Å². The number of aryl methyl sites for hydroxylation is 1. The van der Waals surface area contributed by atoms with E-state index in [1.807, 2.05) is 36.5 Å². The third-order valence-corrected chi connectivity index (χ3v) is 6.10. The van der Waals surface area contributed by atoms with Crippen LogP contribution in [0.3, 0.4) is 0 Å². The van der Waals surface area contributed by atoms with E-state index in [2.05, 4.69) is 41.5 Å². The zero-order valence-corrected chi connectivity index (χ0v) is 17.4. The van der Waals surface area contributed by atoms with Crippen LogP contribution in [0.1, 0.15) is 50.9 Å². The van der Waals surface area contributed by atoms with Gasteiger partial charge in [-0.25, -0.2) is 4.68 Å². The minimum Gasteiger partial charge on any atom is -0.342 e. The Morgan fingerprint density at radius 1 is 1.26 bits per heavy atom. The van der Waals surface area contributed by atoms with Gasteiger partial charge in [-0.3, -0.25) is 4.79 Å². The Balaban J connectivity index is 1.54.